The van der Waals surface area contributed by atoms with E-state index >= 15 is 0 Å². The van der Waals surface area contributed by atoms with E-state index in [-0.39, 0.29) is 35.8 Å². The molecular weight excluding hydrogens is 482 g/mol. The van der Waals surface area contributed by atoms with Crippen molar-refractivity contribution in [2.45, 2.75) is 45.6 Å². The topological polar surface area (TPSA) is 48.9 Å². The lowest BCUT2D eigenvalue weighted by atomic mass is 10.0. The molecule has 0 bridgehead atoms. The molecule has 1 aromatic rings. The molecule has 1 atom stereocenters. The molecule has 7 heteroatoms. The zero-order chi connectivity index (χ0) is 19.8. The second kappa shape index (κ2) is 12.4. The van der Waals surface area contributed by atoms with Gasteiger partial charge in [0.05, 0.1) is 18.9 Å². The average molecular weight is 516 g/mol. The van der Waals surface area contributed by atoms with Gasteiger partial charge in [-0.3, -0.25) is 4.99 Å². The van der Waals surface area contributed by atoms with Crippen molar-refractivity contribution in [3.63, 3.8) is 0 Å². The maximum Gasteiger partial charge on any atom is 0.191 e. The number of anilines is 1. The predicted octanol–water partition coefficient (Wildman–Crippen LogP) is 4.01. The van der Waals surface area contributed by atoms with Crippen molar-refractivity contribution in [2.24, 2.45) is 4.99 Å². The SMILES string of the molecule is CCNC(=NCCC1=CCOCC1)NC1CCCN(c2cc(C)ccc2F)C1.I. The number of rotatable bonds is 6. The molecule has 0 spiro atoms. The van der Waals surface area contributed by atoms with Gasteiger partial charge in [0.15, 0.2) is 5.96 Å². The molecule has 29 heavy (non-hydrogen) atoms. The molecule has 2 N–H and O–H groups in total. The molecule has 0 aromatic heterocycles. The van der Waals surface area contributed by atoms with E-state index in [9.17, 15) is 4.39 Å². The highest BCUT2D eigenvalue weighted by Gasteiger charge is 2.23. The molecule has 1 aromatic carbocycles. The Morgan fingerprint density at radius 2 is 2.24 bits per heavy atom. The van der Waals surface area contributed by atoms with E-state index in [2.05, 4.69) is 28.5 Å². The van der Waals surface area contributed by atoms with Gasteiger partial charge >= 0.3 is 0 Å². The highest BCUT2D eigenvalue weighted by Crippen LogP contribution is 2.24. The first-order chi connectivity index (χ1) is 13.7. The number of nitrogens with zero attached hydrogens (tertiary/aromatic N) is 2. The van der Waals surface area contributed by atoms with E-state index < -0.39 is 0 Å². The van der Waals surface area contributed by atoms with E-state index in [4.69, 9.17) is 9.73 Å². The molecule has 2 heterocycles. The fourth-order valence-electron chi connectivity index (χ4n) is 3.80. The van der Waals surface area contributed by atoms with Crippen LogP contribution in [0.25, 0.3) is 0 Å². The fraction of sp³-hybridized carbons (Fsp3) is 0.591. The number of piperidine rings is 1. The minimum atomic E-state index is -0.142. The third-order valence-corrected chi connectivity index (χ3v) is 5.31. The summed E-state index contributed by atoms with van der Waals surface area (Å²) in [7, 11) is 0. The molecule has 162 valence electrons. The summed E-state index contributed by atoms with van der Waals surface area (Å²) in [6, 6.07) is 5.59. The van der Waals surface area contributed by atoms with Crippen molar-refractivity contribution in [1.29, 1.82) is 0 Å². The molecule has 1 fully saturated rings. The summed E-state index contributed by atoms with van der Waals surface area (Å²) >= 11 is 0. The number of aliphatic imine (C=N–C) groups is 1. The van der Waals surface area contributed by atoms with Gasteiger partial charge in [0.2, 0.25) is 0 Å². The fourth-order valence-corrected chi connectivity index (χ4v) is 3.80. The smallest absolute Gasteiger partial charge is 0.191 e. The molecular formula is C22H34FIN4O. The Morgan fingerprint density at radius 1 is 1.38 bits per heavy atom. The number of ether oxygens (including phenoxy) is 1. The van der Waals surface area contributed by atoms with E-state index in [1.807, 2.05) is 19.1 Å². The Hall–Kier alpha value is -1.35. The Morgan fingerprint density at radius 3 is 3.00 bits per heavy atom. The minimum absolute atomic E-state index is 0. The molecule has 0 radical (unpaired) electrons. The summed E-state index contributed by atoms with van der Waals surface area (Å²) in [5.74, 6) is 0.711. The van der Waals surface area contributed by atoms with Gasteiger partial charge in [0.1, 0.15) is 5.82 Å². The predicted molar refractivity (Wildman–Crippen MR) is 129 cm³/mol. The zero-order valence-corrected chi connectivity index (χ0v) is 19.9. The van der Waals surface area contributed by atoms with Crippen LogP contribution in [0.1, 0.15) is 38.2 Å². The van der Waals surface area contributed by atoms with Crippen LogP contribution >= 0.6 is 24.0 Å². The number of guanidine groups is 1. The zero-order valence-electron chi connectivity index (χ0n) is 17.5. The van der Waals surface area contributed by atoms with Crippen molar-refractivity contribution < 1.29 is 9.13 Å². The van der Waals surface area contributed by atoms with Gasteiger partial charge in [0.25, 0.3) is 0 Å². The standard InChI is InChI=1S/C22H33FN4O.HI/c1-3-24-22(25-11-8-18-9-13-28-14-10-18)26-19-5-4-12-27(16-19)21-15-17(2)6-7-20(21)23;/h6-7,9,15,19H,3-5,8,10-14,16H2,1-2H3,(H2,24,25,26);1H. The van der Waals surface area contributed by atoms with E-state index in [1.165, 1.54) is 5.57 Å². The number of hydrogen-bond acceptors (Lipinski definition) is 3. The van der Waals surface area contributed by atoms with Gasteiger partial charge in [-0.25, -0.2) is 4.39 Å². The lowest BCUT2D eigenvalue weighted by Crippen LogP contribution is -2.51. The molecule has 1 unspecified atom stereocenters. The molecule has 2 aliphatic heterocycles. The number of halogens is 2. The first kappa shape index (κ1) is 23.9. The van der Waals surface area contributed by atoms with Gasteiger partial charge in [-0.2, -0.15) is 0 Å². The van der Waals surface area contributed by atoms with Crippen LogP contribution in [0.4, 0.5) is 10.1 Å². The summed E-state index contributed by atoms with van der Waals surface area (Å²) < 4.78 is 19.7. The molecule has 0 aliphatic carbocycles. The van der Waals surface area contributed by atoms with Gasteiger partial charge in [-0.15, -0.1) is 24.0 Å². The second-order valence-corrected chi connectivity index (χ2v) is 7.58. The summed E-state index contributed by atoms with van der Waals surface area (Å²) in [5.41, 5.74) is 3.23. The maximum absolute atomic E-state index is 14.3. The van der Waals surface area contributed by atoms with Gasteiger partial charge in [-0.05, 0) is 57.2 Å². The lowest BCUT2D eigenvalue weighted by molar-refractivity contribution is 0.153. The Balaban J connectivity index is 0.00000300. The summed E-state index contributed by atoms with van der Waals surface area (Å²) in [6.45, 7) is 8.90. The quantitative estimate of drug-likeness (QED) is 0.260. The van der Waals surface area contributed by atoms with Crippen LogP contribution in [0.15, 0.2) is 34.8 Å². The van der Waals surface area contributed by atoms with Crippen LogP contribution < -0.4 is 15.5 Å². The molecule has 0 amide bonds. The van der Waals surface area contributed by atoms with E-state index in [0.29, 0.717) is 5.69 Å². The molecule has 3 rings (SSSR count). The minimum Gasteiger partial charge on any atom is -0.377 e. The van der Waals surface area contributed by atoms with Crippen molar-refractivity contribution in [3.8, 4) is 0 Å². The third kappa shape index (κ3) is 7.44. The number of aryl methyl sites for hydroxylation is 1. The summed E-state index contributed by atoms with van der Waals surface area (Å²) in [5, 5.41) is 6.90. The van der Waals surface area contributed by atoms with Crippen LogP contribution in [0.3, 0.4) is 0 Å². The molecule has 0 saturated carbocycles. The second-order valence-electron chi connectivity index (χ2n) is 7.58. The first-order valence-electron chi connectivity index (χ1n) is 10.5. The van der Waals surface area contributed by atoms with Crippen molar-refractivity contribution >= 4 is 35.6 Å². The third-order valence-electron chi connectivity index (χ3n) is 5.31. The van der Waals surface area contributed by atoms with Crippen LogP contribution in [0, 0.1) is 12.7 Å². The molecule has 2 aliphatic rings. The Bertz CT molecular complexity index is 710. The van der Waals surface area contributed by atoms with Crippen molar-refractivity contribution in [1.82, 2.24) is 10.6 Å². The average Bonchev–Trinajstić information content (AvgIpc) is 2.71. The van der Waals surface area contributed by atoms with Gasteiger partial charge in [0, 0.05) is 32.2 Å². The molecule has 5 nitrogen and oxygen atoms in total. The number of benzene rings is 1. The monoisotopic (exact) mass is 516 g/mol. The Kier molecular flexibility index (Phi) is 10.2. The highest BCUT2D eigenvalue weighted by atomic mass is 127. The number of nitrogens with one attached hydrogen (secondary N) is 2. The number of hydrogen-bond donors (Lipinski definition) is 2. The van der Waals surface area contributed by atoms with Gasteiger partial charge in [-0.1, -0.05) is 17.7 Å². The maximum atomic E-state index is 14.3. The normalized spacial score (nSPS) is 20.0. The van der Waals surface area contributed by atoms with Crippen LogP contribution in [0.2, 0.25) is 0 Å². The van der Waals surface area contributed by atoms with Gasteiger partial charge < -0.3 is 20.3 Å². The first-order valence-corrected chi connectivity index (χ1v) is 10.5. The largest absolute Gasteiger partial charge is 0.377 e. The highest BCUT2D eigenvalue weighted by molar-refractivity contribution is 14.0. The van der Waals surface area contributed by atoms with Crippen LogP contribution in [-0.2, 0) is 4.74 Å². The van der Waals surface area contributed by atoms with E-state index in [0.717, 1.165) is 76.6 Å². The summed E-state index contributed by atoms with van der Waals surface area (Å²) in [6.07, 6.45) is 6.27. The van der Waals surface area contributed by atoms with Crippen molar-refractivity contribution in [3.05, 3.63) is 41.2 Å². The van der Waals surface area contributed by atoms with Crippen molar-refractivity contribution in [2.75, 3.05) is 44.3 Å². The summed E-state index contributed by atoms with van der Waals surface area (Å²) in [4.78, 5) is 6.90. The Labute approximate surface area is 191 Å². The van der Waals surface area contributed by atoms with Crippen LogP contribution in [-0.4, -0.2) is 51.4 Å². The van der Waals surface area contributed by atoms with Crippen LogP contribution in [0.5, 0.6) is 0 Å². The van der Waals surface area contributed by atoms with E-state index in [1.54, 1.807) is 6.07 Å². The molecule has 1 saturated heterocycles. The lowest BCUT2D eigenvalue weighted by Gasteiger charge is -2.35.